The maximum Gasteiger partial charge on any atom is 0.0654 e. The molecule has 0 saturated heterocycles. The monoisotopic (exact) mass is 169 g/mol. The largest absolute Gasteiger partial charge is 0.302 e. The molecule has 0 aliphatic carbocycles. The van der Waals surface area contributed by atoms with Gasteiger partial charge in [-0.15, -0.1) is 0 Å². The fourth-order valence-corrected chi connectivity index (χ4v) is 1.05. The van der Waals surface area contributed by atoms with E-state index >= 15 is 0 Å². The number of hydrogen-bond donors (Lipinski definition) is 1. The average molecular weight is 169 g/mol. The van der Waals surface area contributed by atoms with Crippen molar-refractivity contribution in [2.75, 3.05) is 6.61 Å². The number of nitrogens with one attached hydrogen (secondary N) is 1. The van der Waals surface area contributed by atoms with Crippen LogP contribution in [0.5, 0.6) is 0 Å². The van der Waals surface area contributed by atoms with E-state index in [4.69, 9.17) is 4.84 Å². The molecule has 1 heterocycles. The van der Waals surface area contributed by atoms with Crippen LogP contribution in [0.15, 0.2) is 6.20 Å². The van der Waals surface area contributed by atoms with Crippen molar-refractivity contribution < 1.29 is 4.84 Å². The van der Waals surface area contributed by atoms with Crippen LogP contribution in [-0.2, 0) is 18.4 Å². The van der Waals surface area contributed by atoms with Crippen LogP contribution in [0.2, 0.25) is 0 Å². The number of rotatable bonds is 4. The summed E-state index contributed by atoms with van der Waals surface area (Å²) in [5.74, 6) is 0. The van der Waals surface area contributed by atoms with Crippen molar-refractivity contribution >= 4 is 0 Å². The van der Waals surface area contributed by atoms with Gasteiger partial charge in [-0.1, -0.05) is 0 Å². The zero-order valence-electron chi connectivity index (χ0n) is 7.79. The van der Waals surface area contributed by atoms with Gasteiger partial charge in [0.15, 0.2) is 0 Å². The van der Waals surface area contributed by atoms with Gasteiger partial charge in [0.1, 0.15) is 0 Å². The van der Waals surface area contributed by atoms with E-state index in [0.29, 0.717) is 13.2 Å². The normalized spacial score (nSPS) is 10.6. The van der Waals surface area contributed by atoms with Crippen molar-refractivity contribution in [1.82, 2.24) is 15.3 Å². The molecule has 4 heteroatoms. The standard InChI is InChI=1S/C8H15N3O/c1-4-12-9-5-8-6-11(3)10-7(8)2/h6,9H,4-5H2,1-3H3. The van der Waals surface area contributed by atoms with Crippen LogP contribution in [-0.4, -0.2) is 16.4 Å². The molecule has 1 aromatic heterocycles. The SMILES string of the molecule is CCONCc1cn(C)nc1C. The Morgan fingerprint density at radius 3 is 2.92 bits per heavy atom. The molecule has 0 unspecified atom stereocenters. The predicted octanol–water partition coefficient (Wildman–Crippen LogP) is 0.770. The Bertz CT molecular complexity index is 244. The third kappa shape index (κ3) is 2.32. The van der Waals surface area contributed by atoms with Gasteiger partial charge in [-0.3, -0.25) is 4.68 Å². The summed E-state index contributed by atoms with van der Waals surface area (Å²) in [5.41, 5.74) is 5.07. The Kier molecular flexibility index (Phi) is 3.25. The fourth-order valence-electron chi connectivity index (χ4n) is 1.05. The summed E-state index contributed by atoms with van der Waals surface area (Å²) in [6.07, 6.45) is 1.99. The number of aryl methyl sites for hydroxylation is 2. The van der Waals surface area contributed by atoms with Crippen LogP contribution in [0.4, 0.5) is 0 Å². The number of nitrogens with zero attached hydrogens (tertiary/aromatic N) is 2. The number of hydroxylamine groups is 1. The first kappa shape index (κ1) is 9.22. The van der Waals surface area contributed by atoms with Gasteiger partial charge in [0.2, 0.25) is 0 Å². The lowest BCUT2D eigenvalue weighted by Crippen LogP contribution is -2.13. The second-order valence-electron chi connectivity index (χ2n) is 2.67. The van der Waals surface area contributed by atoms with Crippen molar-refractivity contribution in [3.05, 3.63) is 17.5 Å². The van der Waals surface area contributed by atoms with E-state index in [1.54, 1.807) is 4.68 Å². The molecule has 1 aromatic rings. The lowest BCUT2D eigenvalue weighted by molar-refractivity contribution is 0.0462. The lowest BCUT2D eigenvalue weighted by atomic mass is 10.3. The molecule has 1 rings (SSSR count). The average Bonchev–Trinajstić information content (AvgIpc) is 2.31. The second-order valence-corrected chi connectivity index (χ2v) is 2.67. The van der Waals surface area contributed by atoms with Gasteiger partial charge < -0.3 is 4.84 Å². The second kappa shape index (κ2) is 4.23. The van der Waals surface area contributed by atoms with Gasteiger partial charge in [-0.2, -0.15) is 10.6 Å². The van der Waals surface area contributed by atoms with Crippen LogP contribution >= 0.6 is 0 Å². The Morgan fingerprint density at radius 1 is 1.67 bits per heavy atom. The third-order valence-electron chi connectivity index (χ3n) is 1.62. The number of aromatic nitrogens is 2. The molecule has 0 spiro atoms. The van der Waals surface area contributed by atoms with Crippen molar-refractivity contribution in [1.29, 1.82) is 0 Å². The fraction of sp³-hybridized carbons (Fsp3) is 0.625. The summed E-state index contributed by atoms with van der Waals surface area (Å²) in [4.78, 5) is 5.01. The van der Waals surface area contributed by atoms with E-state index in [9.17, 15) is 0 Å². The Hall–Kier alpha value is -0.870. The van der Waals surface area contributed by atoms with Crippen LogP contribution in [0.1, 0.15) is 18.2 Å². The highest BCUT2D eigenvalue weighted by Gasteiger charge is 2.00. The first-order chi connectivity index (χ1) is 5.74. The minimum absolute atomic E-state index is 0.680. The summed E-state index contributed by atoms with van der Waals surface area (Å²) in [6, 6.07) is 0. The summed E-state index contributed by atoms with van der Waals surface area (Å²) >= 11 is 0. The van der Waals surface area contributed by atoms with E-state index in [-0.39, 0.29) is 0 Å². The van der Waals surface area contributed by atoms with Crippen molar-refractivity contribution in [3.8, 4) is 0 Å². The topological polar surface area (TPSA) is 39.1 Å². The van der Waals surface area contributed by atoms with E-state index in [1.165, 1.54) is 5.56 Å². The van der Waals surface area contributed by atoms with Crippen LogP contribution in [0.25, 0.3) is 0 Å². The molecule has 0 aliphatic rings. The molecule has 0 fully saturated rings. The zero-order chi connectivity index (χ0) is 8.97. The van der Waals surface area contributed by atoms with Crippen LogP contribution < -0.4 is 5.48 Å². The summed E-state index contributed by atoms with van der Waals surface area (Å²) in [7, 11) is 1.91. The molecule has 4 nitrogen and oxygen atoms in total. The quantitative estimate of drug-likeness (QED) is 0.534. The molecule has 0 aliphatic heterocycles. The Labute approximate surface area is 72.5 Å². The third-order valence-corrected chi connectivity index (χ3v) is 1.62. The Balaban J connectivity index is 2.45. The minimum atomic E-state index is 0.680. The molecule has 0 radical (unpaired) electrons. The molecule has 0 atom stereocenters. The van der Waals surface area contributed by atoms with E-state index in [2.05, 4.69) is 10.6 Å². The van der Waals surface area contributed by atoms with E-state index < -0.39 is 0 Å². The molecule has 0 aromatic carbocycles. The minimum Gasteiger partial charge on any atom is -0.302 e. The van der Waals surface area contributed by atoms with Crippen molar-refractivity contribution in [3.63, 3.8) is 0 Å². The molecule has 0 saturated carbocycles. The highest BCUT2D eigenvalue weighted by Crippen LogP contribution is 2.03. The van der Waals surface area contributed by atoms with E-state index in [0.717, 1.165) is 5.69 Å². The maximum atomic E-state index is 5.01. The molecule has 68 valence electrons. The van der Waals surface area contributed by atoms with Gasteiger partial charge in [-0.05, 0) is 13.8 Å². The Morgan fingerprint density at radius 2 is 2.42 bits per heavy atom. The maximum absolute atomic E-state index is 5.01. The van der Waals surface area contributed by atoms with Crippen LogP contribution in [0.3, 0.4) is 0 Å². The van der Waals surface area contributed by atoms with E-state index in [1.807, 2.05) is 27.1 Å². The zero-order valence-corrected chi connectivity index (χ0v) is 7.79. The molecule has 12 heavy (non-hydrogen) atoms. The predicted molar refractivity (Wildman–Crippen MR) is 46.4 cm³/mol. The first-order valence-corrected chi connectivity index (χ1v) is 4.07. The highest BCUT2D eigenvalue weighted by molar-refractivity contribution is 5.14. The molecule has 1 N–H and O–H groups in total. The first-order valence-electron chi connectivity index (χ1n) is 4.07. The van der Waals surface area contributed by atoms with Gasteiger partial charge in [0.25, 0.3) is 0 Å². The van der Waals surface area contributed by atoms with Gasteiger partial charge in [0, 0.05) is 25.4 Å². The van der Waals surface area contributed by atoms with Gasteiger partial charge >= 0.3 is 0 Å². The van der Waals surface area contributed by atoms with Crippen LogP contribution in [0, 0.1) is 6.92 Å². The summed E-state index contributed by atoms with van der Waals surface area (Å²) in [6.45, 7) is 5.33. The van der Waals surface area contributed by atoms with Gasteiger partial charge in [0.05, 0.1) is 12.3 Å². The molecule has 0 bridgehead atoms. The highest BCUT2D eigenvalue weighted by atomic mass is 16.6. The molecule has 0 amide bonds. The smallest absolute Gasteiger partial charge is 0.0654 e. The summed E-state index contributed by atoms with van der Waals surface area (Å²) < 4.78 is 1.80. The lowest BCUT2D eigenvalue weighted by Gasteiger charge is -2.00. The van der Waals surface area contributed by atoms with Gasteiger partial charge in [-0.25, -0.2) is 0 Å². The molecular weight excluding hydrogens is 154 g/mol. The van der Waals surface area contributed by atoms with Crippen molar-refractivity contribution in [2.45, 2.75) is 20.4 Å². The van der Waals surface area contributed by atoms with Crippen molar-refractivity contribution in [2.24, 2.45) is 7.05 Å². The number of hydrogen-bond acceptors (Lipinski definition) is 3. The summed E-state index contributed by atoms with van der Waals surface area (Å²) in [5, 5.41) is 4.21. The molecular formula is C8H15N3O.